The van der Waals surface area contributed by atoms with E-state index in [2.05, 4.69) is 0 Å². The SMILES string of the molecule is CC(C)COC(=O)N1CCC(C)C1C(=O)O. The van der Waals surface area contributed by atoms with Gasteiger partial charge in [-0.2, -0.15) is 0 Å². The third kappa shape index (κ3) is 2.87. The molecule has 0 spiro atoms. The fourth-order valence-electron chi connectivity index (χ4n) is 1.85. The fraction of sp³-hybridized carbons (Fsp3) is 0.818. The molecule has 0 bridgehead atoms. The number of likely N-dealkylation sites (tertiary alicyclic amines) is 1. The maximum absolute atomic E-state index is 11.7. The van der Waals surface area contributed by atoms with Crippen LogP contribution in [0.5, 0.6) is 0 Å². The van der Waals surface area contributed by atoms with Gasteiger partial charge in [-0.15, -0.1) is 0 Å². The number of aliphatic carboxylic acids is 1. The zero-order valence-corrected chi connectivity index (χ0v) is 9.97. The number of carbonyl (C=O) groups excluding carboxylic acids is 1. The van der Waals surface area contributed by atoms with E-state index in [1.807, 2.05) is 20.8 Å². The van der Waals surface area contributed by atoms with E-state index in [1.54, 1.807) is 0 Å². The number of hydrogen-bond acceptors (Lipinski definition) is 3. The summed E-state index contributed by atoms with van der Waals surface area (Å²) in [5.41, 5.74) is 0. The average molecular weight is 229 g/mol. The standard InChI is InChI=1S/C11H19NO4/c1-7(2)6-16-11(15)12-5-4-8(3)9(12)10(13)14/h7-9H,4-6H2,1-3H3,(H,13,14). The van der Waals surface area contributed by atoms with Crippen molar-refractivity contribution in [3.8, 4) is 0 Å². The number of amides is 1. The number of ether oxygens (including phenoxy) is 1. The summed E-state index contributed by atoms with van der Waals surface area (Å²) in [5, 5.41) is 9.03. The summed E-state index contributed by atoms with van der Waals surface area (Å²) < 4.78 is 5.04. The Morgan fingerprint density at radius 3 is 2.62 bits per heavy atom. The molecule has 1 rings (SSSR count). The largest absolute Gasteiger partial charge is 0.480 e. The van der Waals surface area contributed by atoms with E-state index in [1.165, 1.54) is 4.90 Å². The molecule has 16 heavy (non-hydrogen) atoms. The highest BCUT2D eigenvalue weighted by molar-refractivity contribution is 5.81. The first-order chi connectivity index (χ1) is 7.43. The molecule has 1 fully saturated rings. The van der Waals surface area contributed by atoms with Crippen LogP contribution >= 0.6 is 0 Å². The van der Waals surface area contributed by atoms with Crippen LogP contribution in [0.15, 0.2) is 0 Å². The molecule has 1 amide bonds. The van der Waals surface area contributed by atoms with Gasteiger partial charge in [-0.3, -0.25) is 4.90 Å². The Morgan fingerprint density at radius 1 is 1.50 bits per heavy atom. The number of rotatable bonds is 3. The molecule has 5 heteroatoms. The average Bonchev–Trinajstić information content (AvgIpc) is 2.56. The molecule has 0 aromatic rings. The van der Waals surface area contributed by atoms with Gasteiger partial charge in [0.15, 0.2) is 0 Å². The topological polar surface area (TPSA) is 66.8 Å². The normalized spacial score (nSPS) is 24.9. The Kier molecular flexibility index (Phi) is 4.15. The lowest BCUT2D eigenvalue weighted by atomic mass is 10.0. The highest BCUT2D eigenvalue weighted by atomic mass is 16.6. The molecule has 1 saturated heterocycles. The first-order valence-corrected chi connectivity index (χ1v) is 5.59. The van der Waals surface area contributed by atoms with Crippen molar-refractivity contribution < 1.29 is 19.4 Å². The minimum absolute atomic E-state index is 0.0101. The highest BCUT2D eigenvalue weighted by Crippen LogP contribution is 2.24. The number of carbonyl (C=O) groups is 2. The zero-order valence-electron chi connectivity index (χ0n) is 9.97. The summed E-state index contributed by atoms with van der Waals surface area (Å²) in [6, 6.07) is -0.736. The lowest BCUT2D eigenvalue weighted by Gasteiger charge is -2.23. The van der Waals surface area contributed by atoms with Crippen molar-refractivity contribution in [2.75, 3.05) is 13.2 Å². The van der Waals surface area contributed by atoms with Gasteiger partial charge in [-0.25, -0.2) is 9.59 Å². The highest BCUT2D eigenvalue weighted by Gasteiger charge is 2.40. The number of nitrogens with zero attached hydrogens (tertiary/aromatic N) is 1. The van der Waals surface area contributed by atoms with Crippen LogP contribution in [0, 0.1) is 11.8 Å². The van der Waals surface area contributed by atoms with Crippen LogP contribution in [0.25, 0.3) is 0 Å². The van der Waals surface area contributed by atoms with E-state index < -0.39 is 18.1 Å². The van der Waals surface area contributed by atoms with Crippen molar-refractivity contribution in [1.82, 2.24) is 4.90 Å². The van der Waals surface area contributed by atoms with Gasteiger partial charge in [-0.1, -0.05) is 20.8 Å². The summed E-state index contributed by atoms with van der Waals surface area (Å²) in [5.74, 6) is -0.706. The fourth-order valence-corrected chi connectivity index (χ4v) is 1.85. The summed E-state index contributed by atoms with van der Waals surface area (Å²) in [7, 11) is 0. The van der Waals surface area contributed by atoms with Crippen LogP contribution in [0.2, 0.25) is 0 Å². The molecule has 1 aliphatic rings. The minimum Gasteiger partial charge on any atom is -0.480 e. The van der Waals surface area contributed by atoms with Crippen molar-refractivity contribution in [3.63, 3.8) is 0 Å². The molecule has 0 aromatic carbocycles. The van der Waals surface area contributed by atoms with Crippen molar-refractivity contribution in [1.29, 1.82) is 0 Å². The zero-order chi connectivity index (χ0) is 12.3. The second-order valence-electron chi connectivity index (χ2n) is 4.71. The number of carboxylic acid groups (broad SMARTS) is 1. The monoisotopic (exact) mass is 229 g/mol. The quantitative estimate of drug-likeness (QED) is 0.797. The Bertz CT molecular complexity index is 277. The summed E-state index contributed by atoms with van der Waals surface area (Å²) in [6.07, 6.45) is 0.207. The maximum atomic E-state index is 11.7. The Balaban J connectivity index is 2.58. The van der Waals surface area contributed by atoms with Crippen LogP contribution in [0.4, 0.5) is 4.79 Å². The maximum Gasteiger partial charge on any atom is 0.410 e. The van der Waals surface area contributed by atoms with Crippen LogP contribution in [-0.2, 0) is 9.53 Å². The third-order valence-electron chi connectivity index (χ3n) is 2.73. The summed E-state index contributed by atoms with van der Waals surface area (Å²) in [6.45, 7) is 6.52. The van der Waals surface area contributed by atoms with Gasteiger partial charge in [0.2, 0.25) is 0 Å². The molecular formula is C11H19NO4. The lowest BCUT2D eigenvalue weighted by Crippen LogP contribution is -2.43. The molecule has 5 nitrogen and oxygen atoms in total. The van der Waals surface area contributed by atoms with E-state index in [0.29, 0.717) is 19.6 Å². The second kappa shape index (κ2) is 5.18. The molecule has 0 saturated carbocycles. The van der Waals surface area contributed by atoms with Crippen molar-refractivity contribution in [3.05, 3.63) is 0 Å². The molecule has 1 heterocycles. The minimum atomic E-state index is -0.952. The van der Waals surface area contributed by atoms with Crippen molar-refractivity contribution in [2.24, 2.45) is 11.8 Å². The Hall–Kier alpha value is -1.26. The van der Waals surface area contributed by atoms with Gasteiger partial charge in [0.1, 0.15) is 6.04 Å². The molecule has 0 radical (unpaired) electrons. The summed E-state index contributed by atoms with van der Waals surface area (Å²) >= 11 is 0. The molecule has 92 valence electrons. The predicted octanol–water partition coefficient (Wildman–Crippen LogP) is 1.57. The number of carboxylic acids is 1. The van der Waals surface area contributed by atoms with Crippen LogP contribution in [0.1, 0.15) is 27.2 Å². The van der Waals surface area contributed by atoms with E-state index in [0.717, 1.165) is 0 Å². The summed E-state index contributed by atoms with van der Waals surface area (Å²) in [4.78, 5) is 24.0. The molecule has 2 unspecified atom stereocenters. The van der Waals surface area contributed by atoms with E-state index in [-0.39, 0.29) is 11.8 Å². The molecule has 1 N–H and O–H groups in total. The predicted molar refractivity (Wildman–Crippen MR) is 58.1 cm³/mol. The number of hydrogen-bond donors (Lipinski definition) is 1. The molecule has 0 aliphatic carbocycles. The van der Waals surface area contributed by atoms with Crippen molar-refractivity contribution in [2.45, 2.75) is 33.2 Å². The second-order valence-corrected chi connectivity index (χ2v) is 4.71. The molecule has 1 aliphatic heterocycles. The lowest BCUT2D eigenvalue weighted by molar-refractivity contribution is -0.142. The van der Waals surface area contributed by atoms with Gasteiger partial charge in [0.25, 0.3) is 0 Å². The molecular weight excluding hydrogens is 210 g/mol. The van der Waals surface area contributed by atoms with Gasteiger partial charge in [0, 0.05) is 6.54 Å². The van der Waals surface area contributed by atoms with Crippen LogP contribution in [-0.4, -0.2) is 41.3 Å². The third-order valence-corrected chi connectivity index (χ3v) is 2.73. The van der Waals surface area contributed by atoms with Gasteiger partial charge in [-0.05, 0) is 18.3 Å². The van der Waals surface area contributed by atoms with Crippen LogP contribution in [0.3, 0.4) is 0 Å². The Morgan fingerprint density at radius 2 is 2.12 bits per heavy atom. The molecule has 2 atom stereocenters. The smallest absolute Gasteiger partial charge is 0.410 e. The van der Waals surface area contributed by atoms with Gasteiger partial charge >= 0.3 is 12.1 Å². The first kappa shape index (κ1) is 12.8. The molecule has 0 aromatic heterocycles. The van der Waals surface area contributed by atoms with Gasteiger partial charge in [0.05, 0.1) is 6.61 Å². The van der Waals surface area contributed by atoms with Crippen LogP contribution < -0.4 is 0 Å². The van der Waals surface area contributed by atoms with Crippen molar-refractivity contribution >= 4 is 12.1 Å². The van der Waals surface area contributed by atoms with E-state index in [4.69, 9.17) is 9.84 Å². The Labute approximate surface area is 95.4 Å². The van der Waals surface area contributed by atoms with Gasteiger partial charge < -0.3 is 9.84 Å². The van der Waals surface area contributed by atoms with E-state index >= 15 is 0 Å². The first-order valence-electron chi connectivity index (χ1n) is 5.59. The van der Waals surface area contributed by atoms with E-state index in [9.17, 15) is 9.59 Å².